The van der Waals surface area contributed by atoms with E-state index in [4.69, 9.17) is 28.9 Å². The summed E-state index contributed by atoms with van der Waals surface area (Å²) >= 11 is 0. The third-order valence-corrected chi connectivity index (χ3v) is 10.1. The minimum Gasteiger partial charge on any atom is -0.850 e. The van der Waals surface area contributed by atoms with Crippen LogP contribution in [0, 0.1) is 5.82 Å². The Morgan fingerprint density at radius 3 is 2.60 bits per heavy atom. The van der Waals surface area contributed by atoms with Crippen molar-refractivity contribution in [1.29, 1.82) is 0 Å². The van der Waals surface area contributed by atoms with Gasteiger partial charge < -0.3 is 29.0 Å². The first-order valence-corrected chi connectivity index (χ1v) is 18.4. The summed E-state index contributed by atoms with van der Waals surface area (Å²) in [6.07, 6.45) is 4.15. The van der Waals surface area contributed by atoms with Crippen LogP contribution in [-0.4, -0.2) is 89.9 Å². The molecule has 5 aliphatic rings. The third-order valence-electron chi connectivity index (χ3n) is 10.1. The quantitative estimate of drug-likeness (QED) is 0.459. The molecular weight excluding hydrogens is 683 g/mol. The molecule has 2 aromatic rings. The van der Waals surface area contributed by atoms with Crippen LogP contribution in [0.2, 0.25) is 0 Å². The van der Waals surface area contributed by atoms with Crippen LogP contribution in [0.3, 0.4) is 0 Å². The molecule has 1 aliphatic carbocycles. The zero-order valence-electron chi connectivity index (χ0n) is 32.0. The number of anilines is 2. The average Bonchev–Trinajstić information content (AvgIpc) is 3.41. The van der Waals surface area contributed by atoms with E-state index in [9.17, 15) is 14.3 Å². The first-order chi connectivity index (χ1) is 24.0. The van der Waals surface area contributed by atoms with Crippen molar-refractivity contribution >= 4 is 17.6 Å². The smallest absolute Gasteiger partial charge is 0.850 e. The number of amides is 1. The number of carbonyl (C=O) groups excluding carboxylic acids is 1. The van der Waals surface area contributed by atoms with Gasteiger partial charge in [0, 0.05) is 50.2 Å². The Hall–Kier alpha value is -2.13. The summed E-state index contributed by atoms with van der Waals surface area (Å²) in [5.41, 5.74) is 0.264. The average molecular weight is 738 g/mol. The molecule has 0 radical (unpaired) electrons. The van der Waals surface area contributed by atoms with E-state index in [2.05, 4.69) is 15.1 Å². The predicted octanol–water partition coefficient (Wildman–Crippen LogP) is 2.60. The number of halogens is 2. The molecule has 1 unspecified atom stereocenters. The number of rotatable bonds is 5. The molecule has 0 saturated carbocycles. The molecule has 1 aromatic heterocycles. The van der Waals surface area contributed by atoms with Gasteiger partial charge in [0.15, 0.2) is 5.82 Å². The van der Waals surface area contributed by atoms with Crippen LogP contribution < -0.4 is 49.6 Å². The van der Waals surface area contributed by atoms with Crippen LogP contribution in [-0.2, 0) is 39.3 Å². The van der Waals surface area contributed by atoms with E-state index in [1.165, 1.54) is 0 Å². The number of nitrogens with zero attached hydrogens (tertiary/aromatic N) is 4. The SMILES string of the molecule is CC(C)(C)OC(=O)Nc1ccc2c(c1F)C1(CCC2)Cc2nc(OC[C@@]34CCCN3C[C@H](F)C4)nc(N3CCCOCC3)c2CO1.CC(C)(C)[O-].[Na+]. The zero-order chi connectivity index (χ0) is 36.6. The maximum Gasteiger partial charge on any atom is 1.00 e. The first kappa shape index (κ1) is 41.0. The number of alkyl halides is 1. The zero-order valence-corrected chi connectivity index (χ0v) is 34.0. The van der Waals surface area contributed by atoms with E-state index in [0.717, 1.165) is 61.4 Å². The molecule has 3 saturated heterocycles. The molecule has 3 fully saturated rings. The topological polar surface area (TPSA) is 121 Å². The number of hydrogen-bond donors (Lipinski definition) is 1. The molecule has 3 atom stereocenters. The molecule has 1 N–H and O–H groups in total. The molecule has 1 spiro atoms. The van der Waals surface area contributed by atoms with Gasteiger partial charge in [-0.2, -0.15) is 9.97 Å². The van der Waals surface area contributed by atoms with Crippen molar-refractivity contribution in [2.75, 3.05) is 56.2 Å². The maximum atomic E-state index is 16.4. The Balaban J connectivity index is 0.000000817. The van der Waals surface area contributed by atoms with Gasteiger partial charge in [0.1, 0.15) is 29.8 Å². The van der Waals surface area contributed by atoms with Gasteiger partial charge in [0.05, 0.1) is 30.1 Å². The van der Waals surface area contributed by atoms with E-state index < -0.39 is 34.9 Å². The number of benzene rings is 1. The van der Waals surface area contributed by atoms with Gasteiger partial charge in [0.2, 0.25) is 0 Å². The Morgan fingerprint density at radius 2 is 1.85 bits per heavy atom. The molecule has 52 heavy (non-hydrogen) atoms. The second kappa shape index (κ2) is 16.3. The predicted molar refractivity (Wildman–Crippen MR) is 187 cm³/mol. The van der Waals surface area contributed by atoms with Crippen LogP contribution in [0.25, 0.3) is 0 Å². The molecule has 14 heteroatoms. The largest absolute Gasteiger partial charge is 1.00 e. The minimum atomic E-state index is -0.963. The number of aromatic nitrogens is 2. The van der Waals surface area contributed by atoms with E-state index >= 15 is 4.39 Å². The molecule has 11 nitrogen and oxygen atoms in total. The summed E-state index contributed by atoms with van der Waals surface area (Å²) in [5.74, 6) is 0.247. The normalized spacial score (nSPS) is 25.9. The minimum absolute atomic E-state index is 0. The van der Waals surface area contributed by atoms with E-state index in [0.29, 0.717) is 64.2 Å². The maximum absolute atomic E-state index is 16.4. The Bertz CT molecular complexity index is 1570. The van der Waals surface area contributed by atoms with Crippen molar-refractivity contribution in [1.82, 2.24) is 14.9 Å². The second-order valence-corrected chi connectivity index (χ2v) is 16.6. The summed E-state index contributed by atoms with van der Waals surface area (Å²) in [7, 11) is 0. The van der Waals surface area contributed by atoms with E-state index in [1.807, 2.05) is 6.07 Å². The van der Waals surface area contributed by atoms with Crippen molar-refractivity contribution < 1.29 is 67.2 Å². The van der Waals surface area contributed by atoms with Crippen LogP contribution in [0.4, 0.5) is 25.1 Å². The number of aryl methyl sites for hydroxylation is 1. The van der Waals surface area contributed by atoms with Crippen molar-refractivity contribution in [3.8, 4) is 6.01 Å². The molecule has 282 valence electrons. The van der Waals surface area contributed by atoms with Crippen LogP contribution in [0.1, 0.15) is 102 Å². The molecule has 4 aliphatic heterocycles. The molecule has 7 rings (SSSR count). The number of hydrogen-bond acceptors (Lipinski definition) is 10. The second-order valence-electron chi connectivity index (χ2n) is 16.6. The summed E-state index contributed by atoms with van der Waals surface area (Å²) in [4.78, 5) is 26.9. The molecule has 0 bridgehead atoms. The summed E-state index contributed by atoms with van der Waals surface area (Å²) < 4.78 is 55.1. The Kier molecular flexibility index (Phi) is 12.9. The van der Waals surface area contributed by atoms with Gasteiger partial charge in [-0.25, -0.2) is 13.6 Å². The fourth-order valence-corrected chi connectivity index (χ4v) is 8.09. The van der Waals surface area contributed by atoms with E-state index in [1.54, 1.807) is 47.6 Å². The summed E-state index contributed by atoms with van der Waals surface area (Å²) in [6, 6.07) is 3.73. The van der Waals surface area contributed by atoms with Crippen LogP contribution in [0.15, 0.2) is 12.1 Å². The van der Waals surface area contributed by atoms with Crippen molar-refractivity contribution in [2.45, 2.75) is 128 Å². The van der Waals surface area contributed by atoms with Gasteiger partial charge in [-0.1, -0.05) is 26.8 Å². The fraction of sp³-hybridized carbons (Fsp3) is 0.711. The van der Waals surface area contributed by atoms with Crippen LogP contribution in [0.5, 0.6) is 6.01 Å². The number of nitrogens with one attached hydrogen (secondary N) is 1. The summed E-state index contributed by atoms with van der Waals surface area (Å²) in [6.45, 7) is 14.8. The number of ether oxygens (including phenoxy) is 4. The van der Waals surface area contributed by atoms with Gasteiger partial charge in [0.25, 0.3) is 0 Å². The van der Waals surface area contributed by atoms with Crippen LogP contribution >= 0.6 is 0 Å². The van der Waals surface area contributed by atoms with Crippen molar-refractivity contribution in [3.63, 3.8) is 0 Å². The monoisotopic (exact) mass is 737 g/mol. The standard InChI is InChI=1S/C34H45F2N5O5.C4H9O.Na/c1-32(2,3)46-31(42)38-25-9-8-22-7-4-11-34(27(22)28(25)36)18-26-24(20-45-34)29(40-12-6-15-43-16-14-40)39-30(37-26)44-21-33-10-5-13-41(33)19-23(35)17-33;1-4(2,3)5;/h8-9,23H,4-7,10-21H2,1-3H3,(H,38,42);1-3H3;/q;-1;+1/t23-,33+,34?;;/m1../s1. The number of fused-ring (bicyclic) bond motifs is 4. The first-order valence-electron chi connectivity index (χ1n) is 18.4. The van der Waals surface area contributed by atoms with Gasteiger partial charge in [-0.05, 0) is 77.5 Å². The van der Waals surface area contributed by atoms with E-state index in [-0.39, 0.29) is 53.4 Å². The fourth-order valence-electron chi connectivity index (χ4n) is 8.09. The van der Waals surface area contributed by atoms with Gasteiger partial charge >= 0.3 is 41.7 Å². The molecule has 1 amide bonds. The van der Waals surface area contributed by atoms with Gasteiger partial charge in [-0.15, -0.1) is 5.60 Å². The van der Waals surface area contributed by atoms with Gasteiger partial charge in [-0.3, -0.25) is 10.2 Å². The summed E-state index contributed by atoms with van der Waals surface area (Å²) in [5, 5.41) is 12.7. The molecule has 5 heterocycles. The Morgan fingerprint density at radius 1 is 1.08 bits per heavy atom. The van der Waals surface area contributed by atoms with Crippen molar-refractivity contribution in [2.24, 2.45) is 0 Å². The Labute approximate surface area is 328 Å². The molecular formula is C38H54F2N5NaO6. The molecule has 1 aromatic carbocycles. The number of carbonyl (C=O) groups is 1. The third kappa shape index (κ3) is 9.56. The van der Waals surface area contributed by atoms with Crippen molar-refractivity contribution in [3.05, 3.63) is 40.3 Å².